The highest BCUT2D eigenvalue weighted by atomic mass is 35.5. The van der Waals surface area contributed by atoms with Crippen molar-refractivity contribution in [3.8, 4) is 5.75 Å². The summed E-state index contributed by atoms with van der Waals surface area (Å²) < 4.78 is 16.9. The normalized spacial score (nSPS) is 25.5. The number of alkyl halides is 1. The number of rotatable bonds is 6. The first-order valence-corrected chi connectivity index (χ1v) is 7.88. The lowest BCUT2D eigenvalue weighted by molar-refractivity contribution is -0.0902. The van der Waals surface area contributed by atoms with Crippen LogP contribution in [0.5, 0.6) is 5.75 Å². The molecule has 0 saturated heterocycles. The summed E-state index contributed by atoms with van der Waals surface area (Å²) >= 11 is 6.24. The van der Waals surface area contributed by atoms with Gasteiger partial charge in [-0.3, -0.25) is 0 Å². The van der Waals surface area contributed by atoms with Crippen molar-refractivity contribution in [2.75, 3.05) is 20.3 Å². The zero-order chi connectivity index (χ0) is 15.5. The van der Waals surface area contributed by atoms with Crippen LogP contribution in [0, 0.1) is 0 Å². The Morgan fingerprint density at radius 1 is 1.19 bits per heavy atom. The molecule has 118 valence electrons. The molecule has 3 unspecified atom stereocenters. The summed E-state index contributed by atoms with van der Waals surface area (Å²) in [6.45, 7) is 7.68. The molecule has 0 N–H and O–H groups in total. The molecule has 0 heterocycles. The molecular formula is C17H25ClO3. The molecule has 4 heteroatoms. The van der Waals surface area contributed by atoms with Gasteiger partial charge in [0.15, 0.2) is 0 Å². The van der Waals surface area contributed by atoms with Crippen molar-refractivity contribution in [3.63, 3.8) is 0 Å². The third-order valence-corrected chi connectivity index (χ3v) is 4.18. The van der Waals surface area contributed by atoms with Gasteiger partial charge in [0.25, 0.3) is 0 Å². The van der Waals surface area contributed by atoms with Crippen LogP contribution in [-0.2, 0) is 14.9 Å². The van der Waals surface area contributed by atoms with Crippen LogP contribution in [0.3, 0.4) is 0 Å². The van der Waals surface area contributed by atoms with Crippen molar-refractivity contribution in [1.29, 1.82) is 0 Å². The fraction of sp³-hybridized carbons (Fsp3) is 0.647. The van der Waals surface area contributed by atoms with Gasteiger partial charge >= 0.3 is 0 Å². The van der Waals surface area contributed by atoms with Crippen LogP contribution in [0.4, 0.5) is 0 Å². The molecule has 1 aliphatic carbocycles. The molecule has 1 aromatic rings. The summed E-state index contributed by atoms with van der Waals surface area (Å²) in [6.07, 6.45) is 0.778. The molecule has 1 aromatic carbocycles. The van der Waals surface area contributed by atoms with Crippen LogP contribution in [0.2, 0.25) is 0 Å². The first-order valence-electron chi connectivity index (χ1n) is 7.44. The van der Waals surface area contributed by atoms with E-state index in [0.717, 1.165) is 12.2 Å². The molecule has 0 amide bonds. The fourth-order valence-corrected chi connectivity index (χ4v) is 2.88. The van der Waals surface area contributed by atoms with Gasteiger partial charge in [0.05, 0.1) is 18.6 Å². The summed E-state index contributed by atoms with van der Waals surface area (Å²) in [4.78, 5) is 0. The van der Waals surface area contributed by atoms with Gasteiger partial charge in [-0.1, -0.05) is 39.0 Å². The Hall–Kier alpha value is -0.770. The second-order valence-electron chi connectivity index (χ2n) is 6.48. The van der Waals surface area contributed by atoms with E-state index in [1.54, 1.807) is 7.11 Å². The maximum absolute atomic E-state index is 6.24. The van der Waals surface area contributed by atoms with Gasteiger partial charge in [-0.25, -0.2) is 0 Å². The first kappa shape index (κ1) is 16.6. The lowest BCUT2D eigenvalue weighted by Gasteiger charge is -2.41. The summed E-state index contributed by atoms with van der Waals surface area (Å²) in [6, 6.07) is 8.19. The molecule has 0 aliphatic heterocycles. The molecule has 0 spiro atoms. The van der Waals surface area contributed by atoms with Gasteiger partial charge in [-0.2, -0.15) is 0 Å². The van der Waals surface area contributed by atoms with Crippen LogP contribution in [-0.4, -0.2) is 37.9 Å². The number of benzene rings is 1. The smallest absolute Gasteiger partial charge is 0.128 e. The average Bonchev–Trinajstić information content (AvgIpc) is 2.42. The molecule has 1 aliphatic rings. The number of ether oxygens (including phenoxy) is 3. The second-order valence-corrected chi connectivity index (χ2v) is 7.04. The molecular weight excluding hydrogens is 288 g/mol. The SMILES string of the molecule is COCCOC1C(Cl)CC1Oc1ccccc1C(C)(C)C. The summed E-state index contributed by atoms with van der Waals surface area (Å²) in [5.41, 5.74) is 1.26. The Kier molecular flexibility index (Phi) is 5.53. The van der Waals surface area contributed by atoms with E-state index in [9.17, 15) is 0 Å². The first-order chi connectivity index (χ1) is 9.93. The summed E-state index contributed by atoms with van der Waals surface area (Å²) in [5, 5.41) is 0.0219. The molecule has 0 aromatic heterocycles. The van der Waals surface area contributed by atoms with Crippen molar-refractivity contribution in [3.05, 3.63) is 29.8 Å². The third kappa shape index (κ3) is 4.12. The Bertz CT molecular complexity index is 456. The van der Waals surface area contributed by atoms with Gasteiger partial charge in [0, 0.05) is 13.5 Å². The Morgan fingerprint density at radius 2 is 1.90 bits per heavy atom. The quantitative estimate of drug-likeness (QED) is 0.591. The van der Waals surface area contributed by atoms with Crippen LogP contribution in [0.15, 0.2) is 24.3 Å². The van der Waals surface area contributed by atoms with Crippen LogP contribution in [0.25, 0.3) is 0 Å². The molecule has 1 fully saturated rings. The highest BCUT2D eigenvalue weighted by molar-refractivity contribution is 6.21. The zero-order valence-electron chi connectivity index (χ0n) is 13.3. The van der Waals surface area contributed by atoms with Gasteiger partial charge in [0.2, 0.25) is 0 Å². The average molecular weight is 313 g/mol. The van der Waals surface area contributed by atoms with Gasteiger partial charge in [-0.15, -0.1) is 11.6 Å². The lowest BCUT2D eigenvalue weighted by atomic mass is 9.86. The Labute approximate surface area is 132 Å². The molecule has 21 heavy (non-hydrogen) atoms. The Morgan fingerprint density at radius 3 is 2.52 bits per heavy atom. The lowest BCUT2D eigenvalue weighted by Crippen LogP contribution is -2.53. The topological polar surface area (TPSA) is 27.7 Å². The van der Waals surface area contributed by atoms with E-state index in [1.807, 2.05) is 18.2 Å². The maximum Gasteiger partial charge on any atom is 0.128 e. The van der Waals surface area contributed by atoms with Crippen molar-refractivity contribution in [2.45, 2.75) is 50.2 Å². The van der Waals surface area contributed by atoms with Crippen LogP contribution in [0.1, 0.15) is 32.8 Å². The van der Waals surface area contributed by atoms with E-state index in [2.05, 4.69) is 26.8 Å². The van der Waals surface area contributed by atoms with E-state index in [-0.39, 0.29) is 23.0 Å². The summed E-state index contributed by atoms with van der Waals surface area (Å²) in [7, 11) is 1.66. The van der Waals surface area contributed by atoms with E-state index in [4.69, 9.17) is 25.8 Å². The van der Waals surface area contributed by atoms with Gasteiger partial charge in [0.1, 0.15) is 18.0 Å². The van der Waals surface area contributed by atoms with E-state index >= 15 is 0 Å². The van der Waals surface area contributed by atoms with E-state index in [0.29, 0.717) is 13.2 Å². The highest BCUT2D eigenvalue weighted by Gasteiger charge is 2.43. The number of para-hydroxylation sites is 1. The van der Waals surface area contributed by atoms with Crippen molar-refractivity contribution in [2.24, 2.45) is 0 Å². The number of hydrogen-bond acceptors (Lipinski definition) is 3. The predicted octanol–water partition coefficient (Wildman–Crippen LogP) is 3.77. The third-order valence-electron chi connectivity index (χ3n) is 3.75. The van der Waals surface area contributed by atoms with Gasteiger partial charge < -0.3 is 14.2 Å². The Balaban J connectivity index is 2.02. The second kappa shape index (κ2) is 6.99. The maximum atomic E-state index is 6.24. The van der Waals surface area contributed by atoms with Crippen LogP contribution >= 0.6 is 11.6 Å². The molecule has 1 saturated carbocycles. The minimum atomic E-state index is -0.0603. The zero-order valence-corrected chi connectivity index (χ0v) is 14.0. The van der Waals surface area contributed by atoms with Crippen LogP contribution < -0.4 is 4.74 Å². The number of halogens is 1. The predicted molar refractivity (Wildman–Crippen MR) is 85.4 cm³/mol. The molecule has 0 radical (unpaired) electrons. The standard InChI is InChI=1S/C17H25ClO3/c1-17(2,3)12-7-5-6-8-14(12)21-15-11-13(18)16(15)20-10-9-19-4/h5-8,13,15-16H,9-11H2,1-4H3. The van der Waals surface area contributed by atoms with E-state index < -0.39 is 0 Å². The van der Waals surface area contributed by atoms with Crippen molar-refractivity contribution < 1.29 is 14.2 Å². The van der Waals surface area contributed by atoms with Crippen molar-refractivity contribution >= 4 is 11.6 Å². The van der Waals surface area contributed by atoms with Crippen molar-refractivity contribution in [1.82, 2.24) is 0 Å². The molecule has 2 rings (SSSR count). The minimum absolute atomic E-state index is 0.0212. The molecule has 3 nitrogen and oxygen atoms in total. The number of hydrogen-bond donors (Lipinski definition) is 0. The molecule has 0 bridgehead atoms. The van der Waals surface area contributed by atoms with Gasteiger partial charge in [-0.05, 0) is 17.0 Å². The number of methoxy groups -OCH3 is 1. The fourth-order valence-electron chi connectivity index (χ4n) is 2.47. The highest BCUT2D eigenvalue weighted by Crippen LogP contribution is 2.37. The largest absolute Gasteiger partial charge is 0.487 e. The summed E-state index contributed by atoms with van der Waals surface area (Å²) in [5.74, 6) is 0.930. The molecule has 3 atom stereocenters. The monoisotopic (exact) mass is 312 g/mol. The minimum Gasteiger partial charge on any atom is -0.487 e. The van der Waals surface area contributed by atoms with E-state index in [1.165, 1.54) is 5.56 Å².